The zero-order chi connectivity index (χ0) is 29.3. The van der Waals surface area contributed by atoms with Crippen molar-refractivity contribution in [2.24, 2.45) is 0 Å². The predicted molar refractivity (Wildman–Crippen MR) is 162 cm³/mol. The lowest BCUT2D eigenvalue weighted by Gasteiger charge is -2.40. The van der Waals surface area contributed by atoms with Crippen LogP contribution < -0.4 is 15.0 Å². The minimum atomic E-state index is -0.871. The number of nitrogens with one attached hydrogen (secondary N) is 1. The smallest absolute Gasteiger partial charge is 0.319 e. The van der Waals surface area contributed by atoms with E-state index in [0.717, 1.165) is 61.8 Å². The molecule has 4 aliphatic rings. The molecule has 3 fully saturated rings. The van der Waals surface area contributed by atoms with Gasteiger partial charge in [0.15, 0.2) is 5.82 Å². The highest BCUT2D eigenvalue weighted by atomic mass is 19.1. The number of nitrogens with zero attached hydrogens (tertiary/aromatic N) is 5. The highest BCUT2D eigenvalue weighted by Gasteiger charge is 2.49. The Bertz CT molecular complexity index is 1740. The molecule has 4 atom stereocenters. The highest BCUT2D eigenvalue weighted by Crippen LogP contribution is 2.43. The van der Waals surface area contributed by atoms with Crippen LogP contribution in [0.2, 0.25) is 0 Å². The van der Waals surface area contributed by atoms with Crippen molar-refractivity contribution in [2.75, 3.05) is 37.7 Å². The number of rotatable bonds is 5. The van der Waals surface area contributed by atoms with Crippen molar-refractivity contribution in [3.05, 3.63) is 47.9 Å². The largest absolute Gasteiger partial charge is 0.508 e. The van der Waals surface area contributed by atoms with Gasteiger partial charge in [0.25, 0.3) is 0 Å². The van der Waals surface area contributed by atoms with Crippen molar-refractivity contribution < 1.29 is 18.6 Å². The summed E-state index contributed by atoms with van der Waals surface area (Å²) in [5.41, 5.74) is 1.23. The predicted octanol–water partition coefficient (Wildman–Crippen LogP) is 5.15. The Morgan fingerprint density at radius 3 is 2.93 bits per heavy atom. The number of phenols is 1. The van der Waals surface area contributed by atoms with E-state index in [9.17, 15) is 9.50 Å². The van der Waals surface area contributed by atoms with Gasteiger partial charge in [0, 0.05) is 43.7 Å². The molecule has 3 saturated heterocycles. The number of fused-ring (bicyclic) bond motifs is 4. The van der Waals surface area contributed by atoms with Crippen LogP contribution in [-0.4, -0.2) is 81.5 Å². The van der Waals surface area contributed by atoms with E-state index in [0.29, 0.717) is 36.2 Å². The third-order valence-electron chi connectivity index (χ3n) is 10.1. The van der Waals surface area contributed by atoms with Crippen LogP contribution in [0.3, 0.4) is 0 Å². The highest BCUT2D eigenvalue weighted by molar-refractivity contribution is 6.01. The standard InChI is InChI=1S/C33H36F2N6O2/c1-2-21-17-41-22(15-36-21)8-9-26-27-30(28(35)29(37-26)25-13-23(42)12-19-6-3-4-7-24(19)25)38-32(39-31(27)41)43-18-33-10-5-11-40(33)16-20(34)14-33/h3-4,6-7,12-13,20-22,36,42H,2,5,8-11,14-18H2,1H3/t20-,21-,22-,33+/m1/s1. The molecule has 2 aromatic carbocycles. The van der Waals surface area contributed by atoms with Gasteiger partial charge in [0.2, 0.25) is 0 Å². The molecule has 43 heavy (non-hydrogen) atoms. The lowest BCUT2D eigenvalue weighted by atomic mass is 9.95. The molecule has 2 aromatic heterocycles. The van der Waals surface area contributed by atoms with Crippen molar-refractivity contribution in [3.63, 3.8) is 0 Å². The number of ether oxygens (including phenoxy) is 1. The normalized spacial score (nSPS) is 27.0. The molecule has 0 radical (unpaired) electrons. The number of halogens is 2. The Kier molecular flexibility index (Phi) is 6.41. The molecule has 10 heteroatoms. The topological polar surface area (TPSA) is 86.6 Å². The van der Waals surface area contributed by atoms with E-state index >= 15 is 4.39 Å². The molecule has 0 aliphatic carbocycles. The summed E-state index contributed by atoms with van der Waals surface area (Å²) in [5, 5.41) is 16.4. The van der Waals surface area contributed by atoms with E-state index in [1.54, 1.807) is 12.1 Å². The van der Waals surface area contributed by atoms with E-state index < -0.39 is 12.0 Å². The fourth-order valence-electron chi connectivity index (χ4n) is 7.93. The summed E-state index contributed by atoms with van der Waals surface area (Å²) < 4.78 is 37.6. The molecule has 0 bridgehead atoms. The molecular weight excluding hydrogens is 550 g/mol. The van der Waals surface area contributed by atoms with Gasteiger partial charge in [0.05, 0.1) is 16.6 Å². The molecule has 6 heterocycles. The molecule has 0 spiro atoms. The van der Waals surface area contributed by atoms with Gasteiger partial charge in [-0.05, 0) is 61.6 Å². The zero-order valence-corrected chi connectivity index (χ0v) is 24.3. The molecule has 0 amide bonds. The number of phenolic OH excluding ortho intramolecular Hbond substituents is 1. The third-order valence-corrected chi connectivity index (χ3v) is 10.1. The van der Waals surface area contributed by atoms with Crippen LogP contribution in [0.5, 0.6) is 11.8 Å². The molecule has 224 valence electrons. The average molecular weight is 587 g/mol. The summed E-state index contributed by atoms with van der Waals surface area (Å²) in [5.74, 6) is 0.144. The lowest BCUT2D eigenvalue weighted by molar-refractivity contribution is 0.107. The molecule has 8 rings (SSSR count). The van der Waals surface area contributed by atoms with Crippen LogP contribution in [-0.2, 0) is 6.42 Å². The number of pyridine rings is 1. The number of hydrogen-bond donors (Lipinski definition) is 2. The number of hydrogen-bond acceptors (Lipinski definition) is 8. The van der Waals surface area contributed by atoms with Gasteiger partial charge in [-0.25, -0.2) is 13.8 Å². The molecule has 4 aromatic rings. The van der Waals surface area contributed by atoms with E-state index in [4.69, 9.17) is 19.7 Å². The van der Waals surface area contributed by atoms with Crippen LogP contribution in [0, 0.1) is 5.82 Å². The first-order valence-electron chi connectivity index (χ1n) is 15.6. The number of alkyl halides is 1. The Morgan fingerprint density at radius 2 is 2.05 bits per heavy atom. The maximum atomic E-state index is 16.8. The van der Waals surface area contributed by atoms with Gasteiger partial charge in [0.1, 0.15) is 35.6 Å². The first-order chi connectivity index (χ1) is 20.9. The average Bonchev–Trinajstić information content (AvgIpc) is 3.49. The van der Waals surface area contributed by atoms with Crippen LogP contribution in [0.25, 0.3) is 32.9 Å². The molecular formula is C33H36F2N6O2. The second-order valence-corrected chi connectivity index (χ2v) is 12.7. The monoisotopic (exact) mass is 586 g/mol. The van der Waals surface area contributed by atoms with Crippen molar-refractivity contribution in [3.8, 4) is 23.0 Å². The van der Waals surface area contributed by atoms with E-state index in [-0.39, 0.29) is 47.2 Å². The summed E-state index contributed by atoms with van der Waals surface area (Å²) in [4.78, 5) is 19.1. The summed E-state index contributed by atoms with van der Waals surface area (Å²) in [6.07, 6.45) is 3.88. The third kappa shape index (κ3) is 4.40. The van der Waals surface area contributed by atoms with Gasteiger partial charge >= 0.3 is 6.01 Å². The molecule has 8 nitrogen and oxygen atoms in total. The quantitative estimate of drug-likeness (QED) is 0.332. The van der Waals surface area contributed by atoms with Gasteiger partial charge in [-0.2, -0.15) is 9.97 Å². The molecule has 0 unspecified atom stereocenters. The first kappa shape index (κ1) is 27.0. The minimum absolute atomic E-state index is 0.0465. The SMILES string of the molecule is CC[C@@H]1CN2c3nc(OC[C@@]45CCCN4C[C@H](F)C5)nc4c(F)c(-c5cc(O)cc6ccccc56)nc(c34)CC[C@@H]2CN1. The van der Waals surface area contributed by atoms with Crippen molar-refractivity contribution in [2.45, 2.75) is 69.2 Å². The van der Waals surface area contributed by atoms with Crippen LogP contribution in [0.15, 0.2) is 36.4 Å². The van der Waals surface area contributed by atoms with Crippen LogP contribution >= 0.6 is 0 Å². The lowest BCUT2D eigenvalue weighted by Crippen LogP contribution is -2.56. The summed E-state index contributed by atoms with van der Waals surface area (Å²) in [6, 6.07) is 11.4. The van der Waals surface area contributed by atoms with Crippen LogP contribution in [0.4, 0.5) is 14.6 Å². The van der Waals surface area contributed by atoms with Crippen LogP contribution in [0.1, 0.15) is 44.7 Å². The first-order valence-corrected chi connectivity index (χ1v) is 15.6. The van der Waals surface area contributed by atoms with Gasteiger partial charge in [-0.3, -0.25) is 4.90 Å². The molecule has 0 saturated carbocycles. The number of benzene rings is 2. The fraction of sp³-hybridized carbons (Fsp3) is 0.485. The Morgan fingerprint density at radius 1 is 1.16 bits per heavy atom. The van der Waals surface area contributed by atoms with Crippen molar-refractivity contribution >= 4 is 27.5 Å². The second kappa shape index (κ2) is 10.2. The van der Waals surface area contributed by atoms with Gasteiger partial charge in [-0.1, -0.05) is 31.2 Å². The zero-order valence-electron chi connectivity index (χ0n) is 24.3. The van der Waals surface area contributed by atoms with Crippen molar-refractivity contribution in [1.82, 2.24) is 25.2 Å². The van der Waals surface area contributed by atoms with E-state index in [1.165, 1.54) is 0 Å². The number of piperazine rings is 1. The Hall–Kier alpha value is -3.63. The minimum Gasteiger partial charge on any atom is -0.508 e. The summed E-state index contributed by atoms with van der Waals surface area (Å²) in [7, 11) is 0. The van der Waals surface area contributed by atoms with E-state index in [2.05, 4.69) is 22.0 Å². The van der Waals surface area contributed by atoms with E-state index in [1.807, 2.05) is 24.3 Å². The number of aromatic hydroxyl groups is 1. The Labute approximate surface area is 249 Å². The summed E-state index contributed by atoms with van der Waals surface area (Å²) in [6.45, 7) is 5.26. The Balaban J connectivity index is 1.30. The maximum absolute atomic E-state index is 16.8. The summed E-state index contributed by atoms with van der Waals surface area (Å²) >= 11 is 0. The molecule has 4 aliphatic heterocycles. The van der Waals surface area contributed by atoms with Crippen molar-refractivity contribution in [1.29, 1.82) is 0 Å². The second-order valence-electron chi connectivity index (χ2n) is 12.7. The fourth-order valence-corrected chi connectivity index (χ4v) is 7.93. The van der Waals surface area contributed by atoms with Gasteiger partial charge in [-0.15, -0.1) is 0 Å². The number of anilines is 1. The number of aromatic nitrogens is 3. The number of aryl methyl sites for hydroxylation is 1. The maximum Gasteiger partial charge on any atom is 0.319 e. The van der Waals surface area contributed by atoms with Gasteiger partial charge < -0.3 is 20.1 Å². The molecule has 2 N–H and O–H groups in total.